The average molecular weight is 624 g/mol. The van der Waals surface area contributed by atoms with Crippen molar-refractivity contribution in [1.29, 1.82) is 0 Å². The number of nitrogens with zero attached hydrogens (tertiary/aromatic N) is 2. The van der Waals surface area contributed by atoms with Gasteiger partial charge in [0.25, 0.3) is 10.0 Å². The van der Waals surface area contributed by atoms with Gasteiger partial charge in [-0.2, -0.15) is 4.31 Å². The third kappa shape index (κ3) is 6.52. The lowest BCUT2D eigenvalue weighted by Gasteiger charge is -2.23. The fraction of sp³-hybridized carbons (Fsp3) is 0.194. The topological polar surface area (TPSA) is 104 Å². The van der Waals surface area contributed by atoms with Crippen LogP contribution in [0.5, 0.6) is 0 Å². The van der Waals surface area contributed by atoms with Gasteiger partial charge < -0.3 is 5.32 Å². The molecule has 8 nitrogen and oxygen atoms in total. The van der Waals surface area contributed by atoms with Crippen LogP contribution in [0.4, 0.5) is 11.4 Å². The number of fused-ring (bicyclic) bond motifs is 1. The van der Waals surface area contributed by atoms with Crippen LogP contribution in [-0.4, -0.2) is 46.7 Å². The van der Waals surface area contributed by atoms with Crippen LogP contribution < -0.4 is 9.62 Å². The van der Waals surface area contributed by atoms with E-state index in [-0.39, 0.29) is 22.9 Å². The predicted octanol–water partition coefficient (Wildman–Crippen LogP) is 5.27. The van der Waals surface area contributed by atoms with Crippen molar-refractivity contribution in [3.63, 3.8) is 0 Å². The Morgan fingerprint density at radius 3 is 2.24 bits per heavy atom. The highest BCUT2D eigenvalue weighted by molar-refractivity contribution is 7.92. The minimum atomic E-state index is -3.97. The van der Waals surface area contributed by atoms with Gasteiger partial charge >= 0.3 is 0 Å². The standard InChI is InChI=1S/C31H30ClN3O5S2/c1-23-7-13-28(14-8-23)41(37,38)34(19-17-24-5-3-2-4-6-24)22-31(36)33-27-12-9-25-18-20-35(30(25)21-27)42(39,40)29-15-10-26(32)11-16-29/h2-16,21H,17-20,22H2,1H3,(H,33,36). The summed E-state index contributed by atoms with van der Waals surface area (Å²) in [5.41, 5.74) is 3.54. The predicted molar refractivity (Wildman–Crippen MR) is 165 cm³/mol. The number of carbonyl (C=O) groups is 1. The van der Waals surface area contributed by atoms with Crippen LogP contribution in [0.1, 0.15) is 16.7 Å². The molecule has 1 aliphatic rings. The number of hydrogen-bond donors (Lipinski definition) is 1. The van der Waals surface area contributed by atoms with Gasteiger partial charge in [-0.1, -0.05) is 65.7 Å². The van der Waals surface area contributed by atoms with E-state index in [0.717, 1.165) is 16.7 Å². The molecule has 5 rings (SSSR count). The molecule has 4 aromatic carbocycles. The maximum Gasteiger partial charge on any atom is 0.264 e. The molecule has 1 N–H and O–H groups in total. The quantitative estimate of drug-likeness (QED) is 0.259. The highest BCUT2D eigenvalue weighted by atomic mass is 35.5. The van der Waals surface area contributed by atoms with E-state index in [2.05, 4.69) is 5.32 Å². The molecule has 4 aromatic rings. The summed E-state index contributed by atoms with van der Waals surface area (Å²) in [5.74, 6) is -0.538. The van der Waals surface area contributed by atoms with Gasteiger partial charge in [-0.3, -0.25) is 9.10 Å². The first-order valence-corrected chi connectivity index (χ1v) is 16.6. The van der Waals surface area contributed by atoms with E-state index in [4.69, 9.17) is 11.6 Å². The number of carbonyl (C=O) groups excluding carboxylic acids is 1. The number of amides is 1. The van der Waals surface area contributed by atoms with Crippen molar-refractivity contribution in [2.24, 2.45) is 0 Å². The monoisotopic (exact) mass is 623 g/mol. The number of aryl methyl sites for hydroxylation is 1. The molecule has 0 aromatic heterocycles. The number of benzene rings is 4. The fourth-order valence-electron chi connectivity index (χ4n) is 4.81. The van der Waals surface area contributed by atoms with Gasteiger partial charge in [-0.15, -0.1) is 0 Å². The molecule has 0 saturated heterocycles. The second-order valence-electron chi connectivity index (χ2n) is 10.1. The molecule has 0 saturated carbocycles. The highest BCUT2D eigenvalue weighted by Gasteiger charge is 2.32. The van der Waals surface area contributed by atoms with Crippen LogP contribution in [0.25, 0.3) is 0 Å². The fourth-order valence-corrected chi connectivity index (χ4v) is 7.83. The second-order valence-corrected chi connectivity index (χ2v) is 14.3. The molecule has 42 heavy (non-hydrogen) atoms. The zero-order chi connectivity index (χ0) is 29.9. The maximum absolute atomic E-state index is 13.6. The van der Waals surface area contributed by atoms with Crippen molar-refractivity contribution in [2.45, 2.75) is 29.6 Å². The molecular weight excluding hydrogens is 594 g/mol. The Morgan fingerprint density at radius 1 is 0.881 bits per heavy atom. The first kappa shape index (κ1) is 29.8. The van der Waals surface area contributed by atoms with Crippen molar-refractivity contribution in [3.05, 3.63) is 119 Å². The Bertz CT molecular complexity index is 1800. The molecule has 1 aliphatic heterocycles. The summed E-state index contributed by atoms with van der Waals surface area (Å²) in [5, 5.41) is 3.20. The number of hydrogen-bond acceptors (Lipinski definition) is 5. The Morgan fingerprint density at radius 2 is 1.55 bits per heavy atom. The van der Waals surface area contributed by atoms with Gasteiger partial charge in [0.05, 0.1) is 22.0 Å². The van der Waals surface area contributed by atoms with Gasteiger partial charge in [0.2, 0.25) is 15.9 Å². The van der Waals surface area contributed by atoms with Gasteiger partial charge in [0.1, 0.15) is 0 Å². The Labute approximate surface area is 251 Å². The SMILES string of the molecule is Cc1ccc(S(=O)(=O)N(CCc2ccccc2)CC(=O)Nc2ccc3c(c2)N(S(=O)(=O)c2ccc(Cl)cc2)CC3)cc1. The van der Waals surface area contributed by atoms with Crippen molar-refractivity contribution in [3.8, 4) is 0 Å². The number of nitrogens with one attached hydrogen (secondary N) is 1. The highest BCUT2D eigenvalue weighted by Crippen LogP contribution is 2.35. The van der Waals surface area contributed by atoms with Crippen LogP contribution in [-0.2, 0) is 37.7 Å². The van der Waals surface area contributed by atoms with Crippen molar-refractivity contribution in [2.75, 3.05) is 29.3 Å². The van der Waals surface area contributed by atoms with Crippen LogP contribution in [0, 0.1) is 6.92 Å². The minimum absolute atomic E-state index is 0.102. The van der Waals surface area contributed by atoms with E-state index in [1.54, 1.807) is 30.3 Å². The summed E-state index contributed by atoms with van der Waals surface area (Å²) in [6.07, 6.45) is 0.952. The molecule has 0 fully saturated rings. The summed E-state index contributed by atoms with van der Waals surface area (Å²) in [6.45, 7) is 1.83. The van der Waals surface area contributed by atoms with Gasteiger partial charge in [-0.05, 0) is 79.4 Å². The lowest BCUT2D eigenvalue weighted by Crippen LogP contribution is -2.39. The molecule has 1 heterocycles. The summed E-state index contributed by atoms with van der Waals surface area (Å²) >= 11 is 5.94. The average Bonchev–Trinajstić information content (AvgIpc) is 3.40. The molecule has 0 atom stereocenters. The van der Waals surface area contributed by atoms with Crippen molar-refractivity contribution < 1.29 is 21.6 Å². The van der Waals surface area contributed by atoms with Crippen LogP contribution >= 0.6 is 11.6 Å². The Hall–Kier alpha value is -3.70. The zero-order valence-corrected chi connectivity index (χ0v) is 25.3. The molecular formula is C31H30ClN3O5S2. The van der Waals surface area contributed by atoms with E-state index < -0.39 is 32.5 Å². The Balaban J connectivity index is 1.36. The first-order valence-electron chi connectivity index (χ1n) is 13.4. The van der Waals surface area contributed by atoms with E-state index >= 15 is 0 Å². The van der Waals surface area contributed by atoms with E-state index in [9.17, 15) is 21.6 Å². The van der Waals surface area contributed by atoms with E-state index in [1.807, 2.05) is 37.3 Å². The Kier molecular flexibility index (Phi) is 8.70. The van der Waals surface area contributed by atoms with Crippen LogP contribution in [0.3, 0.4) is 0 Å². The summed E-state index contributed by atoms with van der Waals surface area (Å²) in [6, 6.07) is 27.0. The van der Waals surface area contributed by atoms with Gasteiger partial charge in [-0.25, -0.2) is 16.8 Å². The third-order valence-corrected chi connectivity index (χ3v) is 11.0. The largest absolute Gasteiger partial charge is 0.325 e. The molecule has 0 unspecified atom stereocenters. The molecule has 0 radical (unpaired) electrons. The lowest BCUT2D eigenvalue weighted by atomic mass is 10.1. The number of halogens is 1. The summed E-state index contributed by atoms with van der Waals surface area (Å²) < 4.78 is 56.4. The smallest absolute Gasteiger partial charge is 0.264 e. The second kappa shape index (κ2) is 12.3. The van der Waals surface area contributed by atoms with Gasteiger partial charge in [0.15, 0.2) is 0 Å². The summed E-state index contributed by atoms with van der Waals surface area (Å²) in [7, 11) is -7.82. The molecule has 218 valence electrons. The normalized spacial score (nSPS) is 13.3. The molecule has 0 bridgehead atoms. The molecule has 11 heteroatoms. The third-order valence-electron chi connectivity index (χ3n) is 7.10. The number of rotatable bonds is 10. The van der Waals surface area contributed by atoms with Crippen molar-refractivity contribution in [1.82, 2.24) is 4.31 Å². The first-order chi connectivity index (χ1) is 20.0. The number of sulfonamides is 2. The molecule has 0 aliphatic carbocycles. The van der Waals surface area contributed by atoms with Crippen LogP contribution in [0.15, 0.2) is 107 Å². The maximum atomic E-state index is 13.6. The summed E-state index contributed by atoms with van der Waals surface area (Å²) in [4.78, 5) is 13.5. The minimum Gasteiger partial charge on any atom is -0.325 e. The van der Waals surface area contributed by atoms with Gasteiger partial charge in [0, 0.05) is 23.8 Å². The number of anilines is 2. The molecule has 0 spiro atoms. The van der Waals surface area contributed by atoms with Crippen molar-refractivity contribution >= 4 is 48.9 Å². The van der Waals surface area contributed by atoms with E-state index in [1.165, 1.54) is 45.0 Å². The zero-order valence-electron chi connectivity index (χ0n) is 22.9. The van der Waals surface area contributed by atoms with Crippen LogP contribution in [0.2, 0.25) is 5.02 Å². The lowest BCUT2D eigenvalue weighted by molar-refractivity contribution is -0.116. The van der Waals surface area contributed by atoms with E-state index in [0.29, 0.717) is 29.2 Å². The molecule has 1 amide bonds.